The second kappa shape index (κ2) is 6.23. The van der Waals surface area contributed by atoms with E-state index in [-0.39, 0.29) is 33.6 Å². The van der Waals surface area contributed by atoms with Crippen LogP contribution in [0.1, 0.15) is 17.0 Å². The molecule has 130 valence electrons. The normalized spacial score (nSPS) is 12.8. The Hall–Kier alpha value is -2.70. The lowest BCUT2D eigenvalue weighted by Crippen LogP contribution is -2.15. The molecule has 0 aliphatic carbocycles. The Kier molecular flexibility index (Phi) is 4.01. The predicted molar refractivity (Wildman–Crippen MR) is 97.3 cm³/mol. The highest BCUT2D eigenvalue weighted by molar-refractivity contribution is 6.45. The van der Waals surface area contributed by atoms with Crippen LogP contribution in [0.25, 0.3) is 5.69 Å². The number of nitrogens with zero attached hydrogens (tertiary/aromatic N) is 3. The second-order valence-corrected chi connectivity index (χ2v) is 6.42. The fourth-order valence-electron chi connectivity index (χ4n) is 2.88. The highest BCUT2D eigenvalue weighted by Gasteiger charge is 2.25. The maximum atomic E-state index is 14.5. The fraction of sp³-hybridized carbons (Fsp3) is 0.0556. The van der Waals surface area contributed by atoms with E-state index in [2.05, 4.69) is 9.98 Å². The van der Waals surface area contributed by atoms with Crippen LogP contribution in [0, 0.1) is 5.82 Å². The third kappa shape index (κ3) is 2.67. The molecule has 4 rings (SSSR count). The summed E-state index contributed by atoms with van der Waals surface area (Å²) < 4.78 is 16.1. The molecule has 0 atom stereocenters. The van der Waals surface area contributed by atoms with E-state index in [0.717, 1.165) is 6.07 Å². The van der Waals surface area contributed by atoms with Gasteiger partial charge in [0.1, 0.15) is 17.4 Å². The van der Waals surface area contributed by atoms with Crippen molar-refractivity contribution < 1.29 is 9.50 Å². The molecule has 2 aromatic carbocycles. The third-order valence-electron chi connectivity index (χ3n) is 4.04. The monoisotopic (exact) mass is 389 g/mol. The molecule has 0 unspecified atom stereocenters. The van der Waals surface area contributed by atoms with Crippen molar-refractivity contribution in [3.8, 4) is 11.4 Å². The van der Waals surface area contributed by atoms with Crippen molar-refractivity contribution in [3.63, 3.8) is 0 Å². The van der Waals surface area contributed by atoms with Gasteiger partial charge in [-0.05, 0) is 30.3 Å². The SMILES string of the molecule is O=c1ccn2c(n1)CN=C(c1cc(O)ccc1F)c1c-2ccc(Cl)c1Cl. The van der Waals surface area contributed by atoms with Crippen molar-refractivity contribution in [3.05, 3.63) is 85.8 Å². The van der Waals surface area contributed by atoms with Gasteiger partial charge in [0.25, 0.3) is 5.56 Å². The van der Waals surface area contributed by atoms with Crippen LogP contribution in [0.3, 0.4) is 0 Å². The Morgan fingerprint density at radius 3 is 2.77 bits per heavy atom. The average Bonchev–Trinajstić information content (AvgIpc) is 2.77. The van der Waals surface area contributed by atoms with Gasteiger partial charge in [-0.1, -0.05) is 23.2 Å². The number of aliphatic imine (C=N–C) groups is 1. The molecule has 1 N–H and O–H groups in total. The van der Waals surface area contributed by atoms with Gasteiger partial charge in [-0.25, -0.2) is 4.39 Å². The summed E-state index contributed by atoms with van der Waals surface area (Å²) in [5, 5.41) is 10.2. The van der Waals surface area contributed by atoms with Crippen molar-refractivity contribution >= 4 is 28.9 Å². The standard InChI is InChI=1S/C18H10Cl2FN3O2/c19-11-2-4-13-16(17(11)20)18(10-7-9(25)1-3-12(10)21)22-8-14-23-15(26)5-6-24(13)14/h1-7,25H,8H2. The van der Waals surface area contributed by atoms with Crippen LogP contribution in [-0.4, -0.2) is 20.4 Å². The van der Waals surface area contributed by atoms with Crippen molar-refractivity contribution in [2.45, 2.75) is 6.54 Å². The largest absolute Gasteiger partial charge is 0.508 e. The number of hydrogen-bond acceptors (Lipinski definition) is 4. The van der Waals surface area contributed by atoms with Gasteiger partial charge in [0.2, 0.25) is 0 Å². The number of aromatic nitrogens is 2. The van der Waals surface area contributed by atoms with Gasteiger partial charge in [-0.15, -0.1) is 0 Å². The molecule has 3 aromatic rings. The Bertz CT molecular complexity index is 1140. The molecule has 1 aliphatic heterocycles. The van der Waals surface area contributed by atoms with Gasteiger partial charge in [0.15, 0.2) is 0 Å². The number of phenols is 1. The molecule has 0 bridgehead atoms. The summed E-state index contributed by atoms with van der Waals surface area (Å²) in [6, 6.07) is 8.26. The van der Waals surface area contributed by atoms with Crippen LogP contribution in [-0.2, 0) is 6.54 Å². The minimum atomic E-state index is -0.572. The van der Waals surface area contributed by atoms with Crippen LogP contribution in [0.4, 0.5) is 4.39 Å². The molecule has 0 fully saturated rings. The lowest BCUT2D eigenvalue weighted by atomic mass is 9.99. The topological polar surface area (TPSA) is 67.5 Å². The van der Waals surface area contributed by atoms with Gasteiger partial charge in [-0.3, -0.25) is 9.79 Å². The van der Waals surface area contributed by atoms with E-state index in [1.807, 2.05) is 0 Å². The Labute approximate surface area is 157 Å². The van der Waals surface area contributed by atoms with Gasteiger partial charge in [0.05, 0.1) is 28.0 Å². The molecule has 0 saturated carbocycles. The van der Waals surface area contributed by atoms with E-state index in [4.69, 9.17) is 23.2 Å². The first-order chi connectivity index (χ1) is 12.5. The highest BCUT2D eigenvalue weighted by Crippen LogP contribution is 2.35. The van der Waals surface area contributed by atoms with E-state index < -0.39 is 11.4 Å². The van der Waals surface area contributed by atoms with E-state index in [1.54, 1.807) is 22.9 Å². The van der Waals surface area contributed by atoms with Crippen molar-refractivity contribution in [2.75, 3.05) is 0 Å². The smallest absolute Gasteiger partial charge is 0.272 e. The Morgan fingerprint density at radius 2 is 1.96 bits per heavy atom. The summed E-state index contributed by atoms with van der Waals surface area (Å²) in [4.78, 5) is 20.0. The molecule has 2 heterocycles. The van der Waals surface area contributed by atoms with E-state index in [9.17, 15) is 14.3 Å². The molecule has 0 radical (unpaired) electrons. The first-order valence-electron chi connectivity index (χ1n) is 7.56. The molecule has 26 heavy (non-hydrogen) atoms. The number of halogens is 3. The highest BCUT2D eigenvalue weighted by atomic mass is 35.5. The van der Waals surface area contributed by atoms with Crippen molar-refractivity contribution in [1.82, 2.24) is 9.55 Å². The number of benzene rings is 2. The van der Waals surface area contributed by atoms with Gasteiger partial charge >= 0.3 is 0 Å². The predicted octanol–water partition coefficient (Wildman–Crippen LogP) is 3.74. The van der Waals surface area contributed by atoms with Crippen LogP contribution in [0.2, 0.25) is 10.0 Å². The van der Waals surface area contributed by atoms with Crippen LogP contribution in [0.5, 0.6) is 5.75 Å². The summed E-state index contributed by atoms with van der Waals surface area (Å²) in [7, 11) is 0. The number of fused-ring (bicyclic) bond motifs is 3. The van der Waals surface area contributed by atoms with E-state index in [1.165, 1.54) is 18.2 Å². The lowest BCUT2D eigenvalue weighted by molar-refractivity contribution is 0.473. The zero-order valence-corrected chi connectivity index (χ0v) is 14.6. The Balaban J connectivity index is 2.09. The lowest BCUT2D eigenvalue weighted by Gasteiger charge is -2.16. The number of aromatic hydroxyl groups is 1. The summed E-state index contributed by atoms with van der Waals surface area (Å²) in [5.74, 6) is -0.303. The third-order valence-corrected chi connectivity index (χ3v) is 4.84. The Morgan fingerprint density at radius 1 is 1.15 bits per heavy atom. The zero-order chi connectivity index (χ0) is 18.4. The molecule has 0 amide bonds. The van der Waals surface area contributed by atoms with Crippen LogP contribution in [0.15, 0.2) is 52.4 Å². The maximum Gasteiger partial charge on any atom is 0.272 e. The minimum Gasteiger partial charge on any atom is -0.508 e. The summed E-state index contributed by atoms with van der Waals surface area (Å²) in [5.41, 5.74) is 0.846. The van der Waals surface area contributed by atoms with Crippen LogP contribution >= 0.6 is 23.2 Å². The number of rotatable bonds is 1. The average molecular weight is 390 g/mol. The minimum absolute atomic E-state index is 0.0309. The van der Waals surface area contributed by atoms with Crippen LogP contribution < -0.4 is 5.56 Å². The van der Waals surface area contributed by atoms with Crippen molar-refractivity contribution in [2.24, 2.45) is 4.99 Å². The number of phenolic OH excluding ortho intramolecular Hbond substituents is 1. The summed E-state index contributed by atoms with van der Waals surface area (Å²) in [6.45, 7) is 0.0309. The second-order valence-electron chi connectivity index (χ2n) is 5.64. The zero-order valence-electron chi connectivity index (χ0n) is 13.1. The molecular weight excluding hydrogens is 380 g/mol. The maximum absolute atomic E-state index is 14.5. The number of hydrogen-bond donors (Lipinski definition) is 1. The molecular formula is C18H10Cl2FN3O2. The summed E-state index contributed by atoms with van der Waals surface area (Å²) in [6.07, 6.45) is 1.56. The van der Waals surface area contributed by atoms with Gasteiger partial charge < -0.3 is 9.67 Å². The first kappa shape index (κ1) is 16.8. The molecule has 1 aromatic heterocycles. The molecule has 8 heteroatoms. The fourth-order valence-corrected chi connectivity index (χ4v) is 3.29. The summed E-state index contributed by atoms with van der Waals surface area (Å²) >= 11 is 12.6. The molecule has 0 saturated heterocycles. The molecule has 1 aliphatic rings. The molecule has 5 nitrogen and oxygen atoms in total. The van der Waals surface area contributed by atoms with Gasteiger partial charge in [0, 0.05) is 23.4 Å². The van der Waals surface area contributed by atoms with Gasteiger partial charge in [-0.2, -0.15) is 4.98 Å². The van der Waals surface area contributed by atoms with Crippen molar-refractivity contribution in [1.29, 1.82) is 0 Å². The molecule has 0 spiro atoms. The first-order valence-corrected chi connectivity index (χ1v) is 8.32. The van der Waals surface area contributed by atoms with E-state index in [0.29, 0.717) is 17.1 Å². The quantitative estimate of drug-likeness (QED) is 0.689. The van der Waals surface area contributed by atoms with E-state index >= 15 is 0 Å².